The van der Waals surface area contributed by atoms with Gasteiger partial charge in [0.05, 0.1) is 34.0 Å². The first-order chi connectivity index (χ1) is 15.4. The number of nitrogens with one attached hydrogen (secondary N) is 2. The van der Waals surface area contributed by atoms with Crippen molar-refractivity contribution in [2.24, 2.45) is 4.99 Å². The van der Waals surface area contributed by atoms with Gasteiger partial charge in [0.1, 0.15) is 0 Å². The van der Waals surface area contributed by atoms with Crippen LogP contribution in [0.2, 0.25) is 5.02 Å². The minimum atomic E-state index is -0.380. The number of nitrogens with zero attached hydrogens (tertiary/aromatic N) is 1. The predicted octanol–water partition coefficient (Wildman–Crippen LogP) is 4.05. The molecule has 3 rings (SSSR count). The molecular weight excluding hydrogens is 434 g/mol. The molecule has 1 atom stereocenters. The maximum atomic E-state index is 13.1. The third kappa shape index (κ3) is 5.83. The number of amides is 1. The number of benzene rings is 2. The van der Waals surface area contributed by atoms with E-state index in [1.54, 1.807) is 18.2 Å². The predicted molar refractivity (Wildman–Crippen MR) is 125 cm³/mol. The fraction of sp³-hybridized carbons (Fsp3) is 0.391. The fourth-order valence-corrected chi connectivity index (χ4v) is 3.61. The summed E-state index contributed by atoms with van der Waals surface area (Å²) in [6, 6.07) is 8.62. The number of carbonyl (C=O) groups excluding carboxylic acids is 1. The van der Waals surface area contributed by atoms with Crippen molar-refractivity contribution in [1.29, 1.82) is 0 Å². The third-order valence-electron chi connectivity index (χ3n) is 5.08. The van der Waals surface area contributed by atoms with E-state index in [4.69, 9.17) is 30.5 Å². The van der Waals surface area contributed by atoms with Gasteiger partial charge in [0.2, 0.25) is 11.7 Å². The maximum absolute atomic E-state index is 13.1. The molecule has 0 aliphatic carbocycles. The lowest BCUT2D eigenvalue weighted by Crippen LogP contribution is -2.37. The molecule has 0 aromatic heterocycles. The van der Waals surface area contributed by atoms with Crippen LogP contribution in [0.3, 0.4) is 0 Å². The number of hydrogen-bond donors (Lipinski definition) is 2. The van der Waals surface area contributed by atoms with Gasteiger partial charge in [0.25, 0.3) is 5.91 Å². The van der Waals surface area contributed by atoms with Crippen LogP contribution in [0.15, 0.2) is 35.3 Å². The molecule has 1 amide bonds. The summed E-state index contributed by atoms with van der Waals surface area (Å²) >= 11 is 6.07. The Hall–Kier alpha value is -2.97. The average Bonchev–Trinajstić information content (AvgIpc) is 3.31. The van der Waals surface area contributed by atoms with Crippen LogP contribution in [0.1, 0.15) is 28.8 Å². The van der Waals surface area contributed by atoms with E-state index in [2.05, 4.69) is 15.6 Å². The van der Waals surface area contributed by atoms with Gasteiger partial charge in [-0.05, 0) is 55.7 Å². The van der Waals surface area contributed by atoms with Crippen LogP contribution in [0.25, 0.3) is 0 Å². The minimum absolute atomic E-state index is 0.0381. The topological polar surface area (TPSA) is 90.4 Å². The Kier molecular flexibility index (Phi) is 8.19. The number of anilines is 1. The Morgan fingerprint density at radius 1 is 1.16 bits per heavy atom. The molecule has 2 aromatic carbocycles. The average molecular weight is 462 g/mol. The largest absolute Gasteiger partial charge is 0.493 e. The Bertz CT molecular complexity index is 965. The number of rotatable bonds is 7. The Labute approximate surface area is 192 Å². The zero-order valence-electron chi connectivity index (χ0n) is 18.7. The van der Waals surface area contributed by atoms with Crippen molar-refractivity contribution < 1.29 is 23.7 Å². The van der Waals surface area contributed by atoms with Crippen molar-refractivity contribution in [3.63, 3.8) is 0 Å². The summed E-state index contributed by atoms with van der Waals surface area (Å²) in [4.78, 5) is 17.7. The second-order valence-corrected chi connectivity index (χ2v) is 7.71. The van der Waals surface area contributed by atoms with Crippen LogP contribution in [-0.2, 0) is 4.74 Å². The highest BCUT2D eigenvalue weighted by Gasteiger charge is 2.19. The van der Waals surface area contributed by atoms with Gasteiger partial charge >= 0.3 is 0 Å². The molecule has 1 saturated heterocycles. The molecule has 2 N–H and O–H groups in total. The second-order valence-electron chi connectivity index (χ2n) is 7.28. The molecule has 8 nitrogen and oxygen atoms in total. The first-order valence-corrected chi connectivity index (χ1v) is 10.6. The second kappa shape index (κ2) is 11.1. The molecule has 2 aromatic rings. The van der Waals surface area contributed by atoms with Crippen molar-refractivity contribution in [3.8, 4) is 17.2 Å². The Morgan fingerprint density at radius 2 is 1.88 bits per heavy atom. The number of aliphatic imine (C=N–C) groups is 1. The van der Waals surface area contributed by atoms with E-state index in [1.807, 2.05) is 19.1 Å². The standard InChI is InChI=1S/C23H28ClN3O5/c1-14-10-16(24)7-8-18(14)26-23(25-13-17-6-5-9-32-17)27-22(28)15-11-19(29-2)21(31-4)20(12-15)30-3/h7-8,10-12,17H,5-6,9,13H2,1-4H3,(H2,25,26,27,28)/t17-/m1/s1. The molecule has 172 valence electrons. The van der Waals surface area contributed by atoms with E-state index < -0.39 is 0 Å². The quantitative estimate of drug-likeness (QED) is 0.477. The Morgan fingerprint density at radius 3 is 2.44 bits per heavy atom. The lowest BCUT2D eigenvalue weighted by molar-refractivity contribution is 0.0974. The number of hydrogen-bond acceptors (Lipinski definition) is 6. The maximum Gasteiger partial charge on any atom is 0.258 e. The molecule has 0 radical (unpaired) electrons. The zero-order valence-corrected chi connectivity index (χ0v) is 19.4. The van der Waals surface area contributed by atoms with Crippen molar-refractivity contribution in [2.45, 2.75) is 25.9 Å². The van der Waals surface area contributed by atoms with E-state index in [0.29, 0.717) is 40.3 Å². The van der Waals surface area contributed by atoms with Crippen molar-refractivity contribution >= 4 is 29.2 Å². The monoisotopic (exact) mass is 461 g/mol. The van der Waals surface area contributed by atoms with Gasteiger partial charge in [-0.25, -0.2) is 4.99 Å². The highest BCUT2D eigenvalue weighted by Crippen LogP contribution is 2.38. The first-order valence-electron chi connectivity index (χ1n) is 10.3. The third-order valence-corrected chi connectivity index (χ3v) is 5.31. The smallest absolute Gasteiger partial charge is 0.258 e. The van der Waals surface area contributed by atoms with E-state index in [0.717, 1.165) is 30.7 Å². The van der Waals surface area contributed by atoms with Gasteiger partial charge in [0.15, 0.2) is 11.5 Å². The van der Waals surface area contributed by atoms with Crippen LogP contribution in [-0.4, -0.2) is 52.5 Å². The summed E-state index contributed by atoms with van der Waals surface area (Å²) < 4.78 is 21.7. The van der Waals surface area contributed by atoms with Crippen LogP contribution in [0, 0.1) is 6.92 Å². The van der Waals surface area contributed by atoms with Crippen molar-refractivity contribution in [2.75, 3.05) is 39.8 Å². The summed E-state index contributed by atoms with van der Waals surface area (Å²) in [5.74, 6) is 1.11. The number of aryl methyl sites for hydroxylation is 1. The zero-order chi connectivity index (χ0) is 23.1. The lowest BCUT2D eigenvalue weighted by Gasteiger charge is -2.16. The summed E-state index contributed by atoms with van der Waals surface area (Å²) in [6.45, 7) is 3.09. The molecule has 0 bridgehead atoms. The van der Waals surface area contributed by atoms with Gasteiger partial charge in [-0.3, -0.25) is 10.1 Å². The summed E-state index contributed by atoms with van der Waals surface area (Å²) in [5.41, 5.74) is 2.04. The summed E-state index contributed by atoms with van der Waals surface area (Å²) in [7, 11) is 4.50. The van der Waals surface area contributed by atoms with Crippen LogP contribution < -0.4 is 24.8 Å². The van der Waals surface area contributed by atoms with Gasteiger partial charge in [0, 0.05) is 22.9 Å². The number of guanidine groups is 1. The molecule has 1 aliphatic rings. The first kappa shape index (κ1) is 23.7. The van der Waals surface area contributed by atoms with Gasteiger partial charge in [-0.2, -0.15) is 0 Å². The SMILES string of the molecule is COc1cc(C(=O)NC(=NC[C@H]2CCCO2)Nc2ccc(Cl)cc2C)cc(OC)c1OC. The molecule has 0 unspecified atom stereocenters. The van der Waals surface area contributed by atoms with E-state index in [1.165, 1.54) is 21.3 Å². The molecular formula is C23H28ClN3O5. The molecule has 0 saturated carbocycles. The van der Waals surface area contributed by atoms with E-state index >= 15 is 0 Å². The molecule has 1 aliphatic heterocycles. The van der Waals surface area contributed by atoms with Gasteiger partial charge in [-0.1, -0.05) is 11.6 Å². The molecule has 1 fully saturated rings. The van der Waals surface area contributed by atoms with Crippen molar-refractivity contribution in [3.05, 3.63) is 46.5 Å². The highest BCUT2D eigenvalue weighted by molar-refractivity contribution is 6.30. The fourth-order valence-electron chi connectivity index (χ4n) is 3.38. The summed E-state index contributed by atoms with van der Waals surface area (Å²) in [6.07, 6.45) is 1.99. The normalized spacial score (nSPS) is 15.9. The molecule has 9 heteroatoms. The lowest BCUT2D eigenvalue weighted by atomic mass is 10.1. The molecule has 32 heavy (non-hydrogen) atoms. The van der Waals surface area contributed by atoms with Crippen LogP contribution in [0.4, 0.5) is 5.69 Å². The number of methoxy groups -OCH3 is 3. The number of ether oxygens (including phenoxy) is 4. The Balaban J connectivity index is 1.86. The highest BCUT2D eigenvalue weighted by atomic mass is 35.5. The van der Waals surface area contributed by atoms with Gasteiger partial charge < -0.3 is 24.3 Å². The van der Waals surface area contributed by atoms with Crippen molar-refractivity contribution in [1.82, 2.24) is 5.32 Å². The van der Waals surface area contributed by atoms with Gasteiger partial charge in [-0.15, -0.1) is 0 Å². The number of carbonyl (C=O) groups is 1. The van der Waals surface area contributed by atoms with Crippen LogP contribution >= 0.6 is 11.6 Å². The van der Waals surface area contributed by atoms with E-state index in [-0.39, 0.29) is 12.0 Å². The molecule has 1 heterocycles. The number of halogens is 1. The van der Waals surface area contributed by atoms with Crippen LogP contribution in [0.5, 0.6) is 17.2 Å². The minimum Gasteiger partial charge on any atom is -0.493 e. The summed E-state index contributed by atoms with van der Waals surface area (Å²) in [5, 5.41) is 6.67. The molecule has 0 spiro atoms. The van der Waals surface area contributed by atoms with E-state index in [9.17, 15) is 4.79 Å².